The minimum atomic E-state index is -0.329. The maximum Gasteiger partial charge on any atom is 0.260 e. The highest BCUT2D eigenvalue weighted by molar-refractivity contribution is 7.10. The lowest BCUT2D eigenvalue weighted by Gasteiger charge is -2.31. The van der Waals surface area contributed by atoms with Gasteiger partial charge in [-0.2, -0.15) is 0 Å². The molecule has 0 saturated carbocycles. The number of carbonyl (C=O) groups excluding carboxylic acids is 1. The molecule has 1 unspecified atom stereocenters. The summed E-state index contributed by atoms with van der Waals surface area (Å²) in [5, 5.41) is 8.55. The first-order chi connectivity index (χ1) is 17.0. The molecule has 4 heterocycles. The molecule has 8 nitrogen and oxygen atoms in total. The quantitative estimate of drug-likeness (QED) is 0.399. The van der Waals surface area contributed by atoms with Crippen LogP contribution in [0.15, 0.2) is 41.1 Å². The van der Waals surface area contributed by atoms with E-state index in [1.54, 1.807) is 34.4 Å². The van der Waals surface area contributed by atoms with Gasteiger partial charge in [0.1, 0.15) is 5.71 Å². The number of aromatic nitrogens is 3. The average Bonchev–Trinajstić information content (AvgIpc) is 3.54. The van der Waals surface area contributed by atoms with E-state index in [0.29, 0.717) is 29.6 Å². The van der Waals surface area contributed by atoms with Crippen molar-refractivity contribution in [3.8, 4) is 5.88 Å². The summed E-state index contributed by atoms with van der Waals surface area (Å²) in [4.78, 5) is 32.7. The highest BCUT2D eigenvalue weighted by atomic mass is 35.5. The molecular weight excluding hydrogens is 533 g/mol. The number of rotatable bonds is 6. The number of hydrogen-bond donors (Lipinski definition) is 0. The molecule has 182 valence electrons. The van der Waals surface area contributed by atoms with Gasteiger partial charge < -0.3 is 14.5 Å². The van der Waals surface area contributed by atoms with Gasteiger partial charge in [0.05, 0.1) is 10.7 Å². The van der Waals surface area contributed by atoms with E-state index in [1.165, 1.54) is 12.4 Å². The standard InChI is InChI=1S/C23H20Cl3N5O3S/c24-14-2-1-3-15(25)20(14)18-10-16(30-34-18)17-12-35-23(29-17)13-4-8-31(9-5-13)19(32)11-33-22-21(26)27-6-7-28-22/h1-3,6-7,12-13,18H,4-5,8-11H2. The van der Waals surface area contributed by atoms with Crippen LogP contribution in [0.2, 0.25) is 15.2 Å². The lowest BCUT2D eigenvalue weighted by molar-refractivity contribution is -0.134. The minimum Gasteiger partial charge on any atom is -0.465 e. The summed E-state index contributed by atoms with van der Waals surface area (Å²) in [7, 11) is 0. The van der Waals surface area contributed by atoms with Crippen LogP contribution < -0.4 is 4.74 Å². The SMILES string of the molecule is O=C(COc1nccnc1Cl)N1CCC(c2nc(C3=NOC(c4c(Cl)cccc4Cl)C3)cs2)CC1. The second-order valence-electron chi connectivity index (χ2n) is 8.14. The van der Waals surface area contributed by atoms with Crippen molar-refractivity contribution in [1.29, 1.82) is 0 Å². The third kappa shape index (κ3) is 5.38. The van der Waals surface area contributed by atoms with Crippen molar-refractivity contribution in [2.45, 2.75) is 31.3 Å². The van der Waals surface area contributed by atoms with Crippen LogP contribution in [0.1, 0.15) is 47.5 Å². The van der Waals surface area contributed by atoms with E-state index in [0.717, 1.165) is 34.8 Å². The zero-order valence-corrected chi connectivity index (χ0v) is 21.4. The van der Waals surface area contributed by atoms with E-state index < -0.39 is 0 Å². The largest absolute Gasteiger partial charge is 0.465 e. The molecule has 0 bridgehead atoms. The van der Waals surface area contributed by atoms with Crippen molar-refractivity contribution in [2.24, 2.45) is 5.16 Å². The van der Waals surface area contributed by atoms with Gasteiger partial charge in [0.25, 0.3) is 11.8 Å². The molecule has 0 spiro atoms. The molecule has 1 saturated heterocycles. The van der Waals surface area contributed by atoms with E-state index in [2.05, 4.69) is 15.1 Å². The van der Waals surface area contributed by atoms with Crippen LogP contribution in [0.5, 0.6) is 5.88 Å². The molecule has 2 aliphatic heterocycles. The van der Waals surface area contributed by atoms with Gasteiger partial charge in [0, 0.05) is 58.8 Å². The maximum atomic E-state index is 12.5. The maximum absolute atomic E-state index is 12.5. The van der Waals surface area contributed by atoms with Gasteiger partial charge >= 0.3 is 0 Å². The van der Waals surface area contributed by atoms with Gasteiger partial charge in [-0.25, -0.2) is 15.0 Å². The third-order valence-electron chi connectivity index (χ3n) is 5.96. The normalized spacial score (nSPS) is 18.3. The van der Waals surface area contributed by atoms with Crippen LogP contribution >= 0.6 is 46.1 Å². The summed E-state index contributed by atoms with van der Waals surface area (Å²) in [6.07, 6.45) is 4.80. The van der Waals surface area contributed by atoms with Crippen LogP contribution in [0.4, 0.5) is 0 Å². The number of likely N-dealkylation sites (tertiary alicyclic amines) is 1. The minimum absolute atomic E-state index is 0.105. The molecule has 0 radical (unpaired) electrons. The zero-order chi connectivity index (χ0) is 24.4. The summed E-state index contributed by atoms with van der Waals surface area (Å²) in [5.74, 6) is 0.335. The fourth-order valence-corrected chi connectivity index (χ4v) is 5.91. The Balaban J connectivity index is 1.14. The molecule has 3 aromatic rings. The Morgan fingerprint density at radius 3 is 2.63 bits per heavy atom. The second kappa shape index (κ2) is 10.7. The number of halogens is 3. The van der Waals surface area contributed by atoms with Gasteiger partial charge in [0.2, 0.25) is 0 Å². The lowest BCUT2D eigenvalue weighted by atomic mass is 9.97. The number of thiazole rings is 1. The van der Waals surface area contributed by atoms with Crippen molar-refractivity contribution in [1.82, 2.24) is 19.9 Å². The smallest absolute Gasteiger partial charge is 0.260 e. The molecule has 35 heavy (non-hydrogen) atoms. The van der Waals surface area contributed by atoms with E-state index in [4.69, 9.17) is 49.4 Å². The highest BCUT2D eigenvalue weighted by Crippen LogP contribution is 2.39. The molecule has 0 aliphatic carbocycles. The number of benzene rings is 1. The third-order valence-corrected chi connectivity index (χ3v) is 7.89. The monoisotopic (exact) mass is 551 g/mol. The first kappa shape index (κ1) is 24.2. The van der Waals surface area contributed by atoms with E-state index in [-0.39, 0.29) is 35.6 Å². The first-order valence-corrected chi connectivity index (χ1v) is 13.0. The van der Waals surface area contributed by atoms with Crippen molar-refractivity contribution in [3.05, 3.63) is 67.4 Å². The Hall–Kier alpha value is -2.46. The molecule has 1 atom stereocenters. The van der Waals surface area contributed by atoms with E-state index in [9.17, 15) is 4.79 Å². The topological polar surface area (TPSA) is 89.8 Å². The highest BCUT2D eigenvalue weighted by Gasteiger charge is 2.30. The Labute approximate surface area is 220 Å². The Bertz CT molecular complexity index is 1240. The average molecular weight is 553 g/mol. The number of hydrogen-bond acceptors (Lipinski definition) is 8. The lowest BCUT2D eigenvalue weighted by Crippen LogP contribution is -2.40. The number of amides is 1. The molecule has 1 fully saturated rings. The number of ether oxygens (including phenoxy) is 1. The van der Waals surface area contributed by atoms with Gasteiger partial charge in [-0.15, -0.1) is 11.3 Å². The first-order valence-electron chi connectivity index (χ1n) is 11.0. The number of oxime groups is 1. The number of piperidine rings is 1. The van der Waals surface area contributed by atoms with Gasteiger partial charge in [-0.1, -0.05) is 46.0 Å². The van der Waals surface area contributed by atoms with Crippen LogP contribution in [-0.2, 0) is 9.63 Å². The second-order valence-corrected chi connectivity index (χ2v) is 10.2. The Kier molecular flexibility index (Phi) is 7.38. The van der Waals surface area contributed by atoms with E-state index in [1.807, 2.05) is 5.38 Å². The summed E-state index contributed by atoms with van der Waals surface area (Å²) in [6.45, 7) is 1.14. The molecule has 5 rings (SSSR count). The van der Waals surface area contributed by atoms with Crippen LogP contribution in [0, 0.1) is 0 Å². The molecule has 1 amide bonds. The van der Waals surface area contributed by atoms with Gasteiger partial charge in [-0.05, 0) is 25.0 Å². The van der Waals surface area contributed by atoms with Crippen LogP contribution in [-0.4, -0.2) is 51.2 Å². The summed E-state index contributed by atoms with van der Waals surface area (Å²) >= 11 is 20.2. The molecule has 12 heteroatoms. The molecular formula is C23H20Cl3N5O3S. The van der Waals surface area contributed by atoms with E-state index >= 15 is 0 Å². The Morgan fingerprint density at radius 1 is 1.14 bits per heavy atom. The summed E-state index contributed by atoms with van der Waals surface area (Å²) in [6, 6.07) is 5.38. The molecule has 2 aliphatic rings. The van der Waals surface area contributed by atoms with Crippen molar-refractivity contribution in [2.75, 3.05) is 19.7 Å². The molecule has 2 aromatic heterocycles. The Morgan fingerprint density at radius 2 is 1.89 bits per heavy atom. The van der Waals surface area contributed by atoms with Crippen LogP contribution in [0.3, 0.4) is 0 Å². The molecule has 1 aromatic carbocycles. The fraction of sp³-hybridized carbons (Fsp3) is 0.348. The van der Waals surface area contributed by atoms with Gasteiger partial charge in [0.15, 0.2) is 17.9 Å². The molecule has 0 N–H and O–H groups in total. The summed E-state index contributed by atoms with van der Waals surface area (Å²) in [5.41, 5.74) is 2.33. The van der Waals surface area contributed by atoms with Crippen molar-refractivity contribution in [3.63, 3.8) is 0 Å². The number of carbonyl (C=O) groups is 1. The van der Waals surface area contributed by atoms with Crippen LogP contribution in [0.25, 0.3) is 0 Å². The number of nitrogens with zero attached hydrogens (tertiary/aromatic N) is 5. The predicted molar refractivity (Wildman–Crippen MR) is 135 cm³/mol. The van der Waals surface area contributed by atoms with Crippen molar-refractivity contribution < 1.29 is 14.4 Å². The predicted octanol–water partition coefficient (Wildman–Crippen LogP) is 5.54. The zero-order valence-electron chi connectivity index (χ0n) is 18.4. The van der Waals surface area contributed by atoms with Gasteiger partial charge in [-0.3, -0.25) is 4.79 Å². The summed E-state index contributed by atoms with van der Waals surface area (Å²) < 4.78 is 5.43. The van der Waals surface area contributed by atoms with Crippen molar-refractivity contribution >= 4 is 57.8 Å². The fourth-order valence-electron chi connectivity index (χ4n) is 4.11.